The largest absolute Gasteiger partial charge is 0.326 e. The van der Waals surface area contributed by atoms with E-state index in [4.69, 9.17) is 11.6 Å². The molecule has 5 nitrogen and oxygen atoms in total. The molecule has 2 aromatic rings. The molecule has 1 fully saturated rings. The standard InChI is InChI=1S/C17H21ClN4O/c18-15-12-14(3-4-16(15)22-11-1-8-20-22)21-17(23)5-2-13-6-9-19-10-7-13/h1,3-4,8,11-13,19H,2,5-7,9-10H2,(H,21,23). The van der Waals surface area contributed by atoms with E-state index in [0.717, 1.165) is 43.7 Å². The van der Waals surface area contributed by atoms with Crippen molar-refractivity contribution in [2.24, 2.45) is 5.92 Å². The van der Waals surface area contributed by atoms with Crippen molar-refractivity contribution in [3.05, 3.63) is 41.7 Å². The number of halogens is 1. The minimum absolute atomic E-state index is 0.0476. The van der Waals surface area contributed by atoms with Crippen LogP contribution in [-0.2, 0) is 4.79 Å². The average Bonchev–Trinajstić information content (AvgIpc) is 3.08. The molecule has 1 amide bonds. The van der Waals surface area contributed by atoms with Gasteiger partial charge in [0.15, 0.2) is 0 Å². The van der Waals surface area contributed by atoms with Crippen molar-refractivity contribution in [1.29, 1.82) is 0 Å². The number of carbonyl (C=O) groups is 1. The van der Waals surface area contributed by atoms with Crippen LogP contribution in [-0.4, -0.2) is 28.8 Å². The fourth-order valence-electron chi connectivity index (χ4n) is 2.91. The van der Waals surface area contributed by atoms with Gasteiger partial charge in [-0.25, -0.2) is 4.68 Å². The van der Waals surface area contributed by atoms with Gasteiger partial charge in [0.25, 0.3) is 0 Å². The third kappa shape index (κ3) is 4.33. The van der Waals surface area contributed by atoms with E-state index in [-0.39, 0.29) is 5.91 Å². The monoisotopic (exact) mass is 332 g/mol. The van der Waals surface area contributed by atoms with Gasteiger partial charge in [-0.15, -0.1) is 0 Å². The Bertz CT molecular complexity index is 651. The highest BCUT2D eigenvalue weighted by molar-refractivity contribution is 6.32. The second-order valence-electron chi connectivity index (χ2n) is 5.90. The number of hydrogen-bond acceptors (Lipinski definition) is 3. The number of rotatable bonds is 5. The van der Waals surface area contributed by atoms with Crippen molar-refractivity contribution in [2.75, 3.05) is 18.4 Å². The maximum atomic E-state index is 12.1. The number of benzene rings is 1. The molecule has 122 valence electrons. The third-order valence-corrected chi connectivity index (χ3v) is 4.52. The zero-order valence-electron chi connectivity index (χ0n) is 13.0. The van der Waals surface area contributed by atoms with Crippen molar-refractivity contribution in [3.63, 3.8) is 0 Å². The lowest BCUT2D eigenvalue weighted by Gasteiger charge is -2.22. The molecule has 0 radical (unpaired) electrons. The summed E-state index contributed by atoms with van der Waals surface area (Å²) in [7, 11) is 0. The Morgan fingerprint density at radius 3 is 2.91 bits per heavy atom. The van der Waals surface area contributed by atoms with Crippen LogP contribution in [0.5, 0.6) is 0 Å². The summed E-state index contributed by atoms with van der Waals surface area (Å²) in [6.07, 6.45) is 7.37. The topological polar surface area (TPSA) is 59.0 Å². The van der Waals surface area contributed by atoms with Crippen LogP contribution in [0, 0.1) is 5.92 Å². The Morgan fingerprint density at radius 2 is 2.22 bits per heavy atom. The van der Waals surface area contributed by atoms with Gasteiger partial charge in [-0.2, -0.15) is 5.10 Å². The second kappa shape index (κ2) is 7.62. The summed E-state index contributed by atoms with van der Waals surface area (Å²) in [6.45, 7) is 2.13. The molecule has 1 aromatic heterocycles. The highest BCUT2D eigenvalue weighted by atomic mass is 35.5. The van der Waals surface area contributed by atoms with Crippen molar-refractivity contribution < 1.29 is 4.79 Å². The van der Waals surface area contributed by atoms with Crippen molar-refractivity contribution in [1.82, 2.24) is 15.1 Å². The van der Waals surface area contributed by atoms with Crippen LogP contribution in [0.25, 0.3) is 5.69 Å². The van der Waals surface area contributed by atoms with E-state index in [9.17, 15) is 4.79 Å². The summed E-state index contributed by atoms with van der Waals surface area (Å²) in [5.41, 5.74) is 1.52. The normalized spacial score (nSPS) is 15.5. The number of anilines is 1. The fraction of sp³-hybridized carbons (Fsp3) is 0.412. The molecule has 23 heavy (non-hydrogen) atoms. The first kappa shape index (κ1) is 16.0. The van der Waals surface area contributed by atoms with E-state index in [0.29, 0.717) is 17.4 Å². The molecule has 1 saturated heterocycles. The summed E-state index contributed by atoms with van der Waals surface area (Å²) in [4.78, 5) is 12.1. The van der Waals surface area contributed by atoms with E-state index >= 15 is 0 Å². The first-order valence-electron chi connectivity index (χ1n) is 8.02. The highest BCUT2D eigenvalue weighted by Crippen LogP contribution is 2.24. The van der Waals surface area contributed by atoms with E-state index in [1.165, 1.54) is 0 Å². The molecule has 1 aliphatic rings. The van der Waals surface area contributed by atoms with Gasteiger partial charge in [0.2, 0.25) is 5.91 Å². The number of piperidine rings is 1. The molecule has 1 aromatic carbocycles. The summed E-state index contributed by atoms with van der Waals surface area (Å²) < 4.78 is 1.70. The van der Waals surface area contributed by atoms with Crippen LogP contribution in [0.4, 0.5) is 5.69 Å². The summed E-state index contributed by atoms with van der Waals surface area (Å²) in [5.74, 6) is 0.708. The van der Waals surface area contributed by atoms with Gasteiger partial charge >= 0.3 is 0 Å². The zero-order chi connectivity index (χ0) is 16.1. The highest BCUT2D eigenvalue weighted by Gasteiger charge is 2.14. The minimum Gasteiger partial charge on any atom is -0.326 e. The van der Waals surface area contributed by atoms with Gasteiger partial charge in [0, 0.05) is 24.5 Å². The Morgan fingerprint density at radius 1 is 1.39 bits per heavy atom. The Balaban J connectivity index is 1.55. The van der Waals surface area contributed by atoms with E-state index in [2.05, 4.69) is 15.7 Å². The number of amides is 1. The quantitative estimate of drug-likeness (QED) is 0.883. The molecule has 1 aliphatic heterocycles. The maximum Gasteiger partial charge on any atom is 0.224 e. The van der Waals surface area contributed by atoms with Gasteiger partial charge in [-0.05, 0) is 62.5 Å². The molecule has 0 unspecified atom stereocenters. The molecule has 0 atom stereocenters. The number of carbonyl (C=O) groups excluding carboxylic acids is 1. The molecule has 2 N–H and O–H groups in total. The van der Waals surface area contributed by atoms with Crippen LogP contribution in [0.1, 0.15) is 25.7 Å². The van der Waals surface area contributed by atoms with Crippen LogP contribution < -0.4 is 10.6 Å². The molecule has 6 heteroatoms. The Kier molecular flexibility index (Phi) is 5.31. The van der Waals surface area contributed by atoms with Gasteiger partial charge < -0.3 is 10.6 Å². The SMILES string of the molecule is O=C(CCC1CCNCC1)Nc1ccc(-n2cccn2)c(Cl)c1. The van der Waals surface area contributed by atoms with Gasteiger partial charge in [-0.1, -0.05) is 11.6 Å². The lowest BCUT2D eigenvalue weighted by Crippen LogP contribution is -2.28. The van der Waals surface area contributed by atoms with Crippen molar-refractivity contribution >= 4 is 23.2 Å². The molecule has 0 bridgehead atoms. The van der Waals surface area contributed by atoms with Crippen LogP contribution in [0.2, 0.25) is 5.02 Å². The molecule has 3 rings (SSSR count). The molecular weight excluding hydrogens is 312 g/mol. The average molecular weight is 333 g/mol. The third-order valence-electron chi connectivity index (χ3n) is 4.22. The number of aromatic nitrogens is 2. The Hall–Kier alpha value is -1.85. The number of hydrogen-bond donors (Lipinski definition) is 2. The van der Waals surface area contributed by atoms with Gasteiger partial charge in [0.05, 0.1) is 10.7 Å². The number of nitrogens with zero attached hydrogens (tertiary/aromatic N) is 2. The van der Waals surface area contributed by atoms with E-state index in [1.54, 1.807) is 16.9 Å². The smallest absolute Gasteiger partial charge is 0.224 e. The van der Waals surface area contributed by atoms with Crippen LogP contribution >= 0.6 is 11.6 Å². The van der Waals surface area contributed by atoms with Gasteiger partial charge in [-0.3, -0.25) is 4.79 Å². The first-order valence-corrected chi connectivity index (χ1v) is 8.40. The predicted molar refractivity (Wildman–Crippen MR) is 92.0 cm³/mol. The molecular formula is C17H21ClN4O. The predicted octanol–water partition coefficient (Wildman–Crippen LogP) is 3.24. The van der Waals surface area contributed by atoms with E-state index < -0.39 is 0 Å². The summed E-state index contributed by atoms with van der Waals surface area (Å²) in [6, 6.07) is 7.32. The molecule has 2 heterocycles. The van der Waals surface area contributed by atoms with E-state index in [1.807, 2.05) is 24.4 Å². The fourth-order valence-corrected chi connectivity index (χ4v) is 3.18. The molecule has 0 aliphatic carbocycles. The van der Waals surface area contributed by atoms with Crippen LogP contribution in [0.15, 0.2) is 36.7 Å². The van der Waals surface area contributed by atoms with Crippen molar-refractivity contribution in [3.8, 4) is 5.69 Å². The first-order chi connectivity index (χ1) is 11.2. The maximum absolute atomic E-state index is 12.1. The Labute approximate surface area is 141 Å². The lowest BCUT2D eigenvalue weighted by atomic mass is 9.93. The van der Waals surface area contributed by atoms with Gasteiger partial charge in [0.1, 0.15) is 0 Å². The zero-order valence-corrected chi connectivity index (χ0v) is 13.7. The second-order valence-corrected chi connectivity index (χ2v) is 6.30. The molecule has 0 spiro atoms. The van der Waals surface area contributed by atoms with Crippen molar-refractivity contribution in [2.45, 2.75) is 25.7 Å². The lowest BCUT2D eigenvalue weighted by molar-refractivity contribution is -0.116. The summed E-state index contributed by atoms with van der Waals surface area (Å²) >= 11 is 6.28. The number of nitrogens with one attached hydrogen (secondary N) is 2. The molecule has 0 saturated carbocycles. The van der Waals surface area contributed by atoms with Crippen LogP contribution in [0.3, 0.4) is 0 Å². The summed E-state index contributed by atoms with van der Waals surface area (Å²) in [5, 5.41) is 11.0. The minimum atomic E-state index is 0.0476.